The van der Waals surface area contributed by atoms with Gasteiger partial charge in [0.15, 0.2) is 0 Å². The second kappa shape index (κ2) is 5.37. The van der Waals surface area contributed by atoms with Gasteiger partial charge in [0.05, 0.1) is 12.7 Å². The molecule has 2 aromatic rings. The molecule has 0 aliphatic carbocycles. The first-order valence-corrected chi connectivity index (χ1v) is 5.78. The lowest BCUT2D eigenvalue weighted by Crippen LogP contribution is -2.03. The number of hydrogen-bond donors (Lipinski definition) is 2. The third kappa shape index (κ3) is 2.43. The van der Waals surface area contributed by atoms with Gasteiger partial charge < -0.3 is 14.9 Å². The number of methoxy groups -OCH3 is 1. The lowest BCUT2D eigenvalue weighted by atomic mass is 9.95. The molecular formula is C16H12O4. The van der Waals surface area contributed by atoms with Gasteiger partial charge in [0, 0.05) is 11.1 Å². The van der Waals surface area contributed by atoms with Crippen LogP contribution in [0.1, 0.15) is 15.9 Å². The van der Waals surface area contributed by atoms with Crippen LogP contribution < -0.4 is 4.74 Å². The van der Waals surface area contributed by atoms with Gasteiger partial charge in [-0.25, -0.2) is 4.79 Å². The summed E-state index contributed by atoms with van der Waals surface area (Å²) in [6.45, 7) is 0. The zero-order chi connectivity index (χ0) is 14.7. The summed E-state index contributed by atoms with van der Waals surface area (Å²) in [5.41, 5.74) is 1.08. The Hall–Kier alpha value is -2.93. The second-order valence-corrected chi connectivity index (χ2v) is 4.10. The standard InChI is InChI=1S/C16H12O4/c1-3-10-7-12(17)9-14(15(10)16(18)19)11-5-4-6-13(8-11)20-2/h1,4-9,17H,2H3,(H,18,19). The molecule has 0 saturated heterocycles. The van der Waals surface area contributed by atoms with E-state index in [1.54, 1.807) is 24.3 Å². The van der Waals surface area contributed by atoms with Gasteiger partial charge in [0.1, 0.15) is 11.5 Å². The predicted molar refractivity (Wildman–Crippen MR) is 75.0 cm³/mol. The van der Waals surface area contributed by atoms with E-state index < -0.39 is 5.97 Å². The van der Waals surface area contributed by atoms with Crippen LogP contribution in [0, 0.1) is 12.3 Å². The molecule has 0 aliphatic heterocycles. The topological polar surface area (TPSA) is 66.8 Å². The van der Waals surface area contributed by atoms with Gasteiger partial charge in [0.25, 0.3) is 0 Å². The molecule has 100 valence electrons. The van der Waals surface area contributed by atoms with Gasteiger partial charge in [-0.15, -0.1) is 6.42 Å². The summed E-state index contributed by atoms with van der Waals surface area (Å²) in [5, 5.41) is 19.0. The van der Waals surface area contributed by atoms with E-state index in [0.717, 1.165) is 0 Å². The van der Waals surface area contributed by atoms with Crippen molar-refractivity contribution in [1.29, 1.82) is 0 Å². The monoisotopic (exact) mass is 268 g/mol. The van der Waals surface area contributed by atoms with Crippen LogP contribution in [0.4, 0.5) is 0 Å². The molecule has 0 aliphatic rings. The number of ether oxygens (including phenoxy) is 1. The lowest BCUT2D eigenvalue weighted by molar-refractivity contribution is 0.0697. The number of rotatable bonds is 3. The molecule has 0 unspecified atom stereocenters. The summed E-state index contributed by atoms with van der Waals surface area (Å²) in [6.07, 6.45) is 5.31. The van der Waals surface area contributed by atoms with Gasteiger partial charge in [-0.1, -0.05) is 18.1 Å². The van der Waals surface area contributed by atoms with Crippen molar-refractivity contribution in [3.05, 3.63) is 47.5 Å². The Morgan fingerprint density at radius 2 is 2.05 bits per heavy atom. The molecule has 4 heteroatoms. The second-order valence-electron chi connectivity index (χ2n) is 4.10. The van der Waals surface area contributed by atoms with Crippen molar-refractivity contribution in [2.45, 2.75) is 0 Å². The van der Waals surface area contributed by atoms with Crippen LogP contribution in [0.25, 0.3) is 11.1 Å². The molecule has 2 rings (SSSR count). The van der Waals surface area contributed by atoms with Gasteiger partial charge in [0.2, 0.25) is 0 Å². The number of aromatic carboxylic acids is 1. The van der Waals surface area contributed by atoms with E-state index in [1.807, 2.05) is 0 Å². The van der Waals surface area contributed by atoms with E-state index in [4.69, 9.17) is 11.2 Å². The van der Waals surface area contributed by atoms with Crippen LogP contribution in [-0.2, 0) is 0 Å². The third-order valence-corrected chi connectivity index (χ3v) is 2.87. The highest BCUT2D eigenvalue weighted by Crippen LogP contribution is 2.32. The Morgan fingerprint density at radius 3 is 2.65 bits per heavy atom. The number of hydrogen-bond acceptors (Lipinski definition) is 3. The van der Waals surface area contributed by atoms with E-state index in [0.29, 0.717) is 16.9 Å². The molecule has 0 radical (unpaired) electrons. The number of carbonyl (C=O) groups is 1. The lowest BCUT2D eigenvalue weighted by Gasteiger charge is -2.11. The highest BCUT2D eigenvalue weighted by atomic mass is 16.5. The van der Waals surface area contributed by atoms with Crippen LogP contribution in [0.2, 0.25) is 0 Å². The van der Waals surface area contributed by atoms with Crippen LogP contribution >= 0.6 is 0 Å². The zero-order valence-corrected chi connectivity index (χ0v) is 10.8. The minimum absolute atomic E-state index is 0.0152. The minimum Gasteiger partial charge on any atom is -0.508 e. The molecule has 0 bridgehead atoms. The normalized spacial score (nSPS) is 9.80. The molecule has 2 N–H and O–H groups in total. The maximum Gasteiger partial charge on any atom is 0.337 e. The SMILES string of the molecule is C#Cc1cc(O)cc(-c2cccc(OC)c2)c1C(=O)O. The quantitative estimate of drug-likeness (QED) is 0.840. The van der Waals surface area contributed by atoms with E-state index in [-0.39, 0.29) is 16.9 Å². The van der Waals surface area contributed by atoms with Crippen LogP contribution in [0.15, 0.2) is 36.4 Å². The molecule has 2 aromatic carbocycles. The molecule has 4 nitrogen and oxygen atoms in total. The van der Waals surface area contributed by atoms with Gasteiger partial charge in [-0.3, -0.25) is 0 Å². The summed E-state index contributed by atoms with van der Waals surface area (Å²) in [4.78, 5) is 11.4. The van der Waals surface area contributed by atoms with Crippen LogP contribution in [0.3, 0.4) is 0 Å². The van der Waals surface area contributed by atoms with Gasteiger partial charge in [-0.2, -0.15) is 0 Å². The fourth-order valence-corrected chi connectivity index (χ4v) is 1.99. The maximum absolute atomic E-state index is 11.4. The first kappa shape index (κ1) is 13.5. The number of aromatic hydroxyl groups is 1. The van der Waals surface area contributed by atoms with Gasteiger partial charge in [-0.05, 0) is 29.8 Å². The van der Waals surface area contributed by atoms with E-state index in [1.165, 1.54) is 19.2 Å². The molecule has 0 atom stereocenters. The summed E-state index contributed by atoms with van der Waals surface area (Å²) >= 11 is 0. The smallest absolute Gasteiger partial charge is 0.337 e. The molecule has 0 heterocycles. The Kier molecular flexibility index (Phi) is 3.62. The van der Waals surface area contributed by atoms with Crippen LogP contribution in [-0.4, -0.2) is 23.3 Å². The fourth-order valence-electron chi connectivity index (χ4n) is 1.99. The first-order chi connectivity index (χ1) is 9.56. The summed E-state index contributed by atoms with van der Waals surface area (Å²) < 4.78 is 5.11. The Balaban J connectivity index is 2.75. The molecule has 20 heavy (non-hydrogen) atoms. The highest BCUT2D eigenvalue weighted by molar-refractivity contribution is 5.99. The van der Waals surface area contributed by atoms with Crippen molar-refractivity contribution in [2.24, 2.45) is 0 Å². The van der Waals surface area contributed by atoms with Crippen molar-refractivity contribution in [3.63, 3.8) is 0 Å². The number of benzene rings is 2. The molecule has 0 aromatic heterocycles. The van der Waals surface area contributed by atoms with Gasteiger partial charge >= 0.3 is 5.97 Å². The number of terminal acetylenes is 1. The molecular weight excluding hydrogens is 256 g/mol. The Labute approximate surface area is 116 Å². The van der Waals surface area contributed by atoms with Crippen molar-refractivity contribution in [3.8, 4) is 35.0 Å². The van der Waals surface area contributed by atoms with Crippen molar-refractivity contribution in [2.75, 3.05) is 7.11 Å². The molecule has 0 spiro atoms. The molecule has 0 saturated carbocycles. The predicted octanol–water partition coefficient (Wildman–Crippen LogP) is 2.75. The van der Waals surface area contributed by atoms with E-state index >= 15 is 0 Å². The van der Waals surface area contributed by atoms with E-state index in [2.05, 4.69) is 5.92 Å². The summed E-state index contributed by atoms with van der Waals surface area (Å²) in [6, 6.07) is 9.52. The molecule has 0 fully saturated rings. The van der Waals surface area contributed by atoms with Crippen molar-refractivity contribution < 1.29 is 19.7 Å². The fraction of sp³-hybridized carbons (Fsp3) is 0.0625. The number of phenols is 1. The number of carboxylic acid groups (broad SMARTS) is 1. The Bertz CT molecular complexity index is 711. The zero-order valence-electron chi connectivity index (χ0n) is 10.8. The minimum atomic E-state index is -1.14. The first-order valence-electron chi connectivity index (χ1n) is 5.78. The largest absolute Gasteiger partial charge is 0.508 e. The van der Waals surface area contributed by atoms with Crippen molar-refractivity contribution >= 4 is 5.97 Å². The van der Waals surface area contributed by atoms with E-state index in [9.17, 15) is 15.0 Å². The Morgan fingerprint density at radius 1 is 1.30 bits per heavy atom. The molecule has 0 amide bonds. The maximum atomic E-state index is 11.4. The highest BCUT2D eigenvalue weighted by Gasteiger charge is 2.17. The number of carboxylic acids is 1. The number of phenolic OH excluding ortho intramolecular Hbond substituents is 1. The summed E-state index contributed by atoms with van der Waals surface area (Å²) in [7, 11) is 1.52. The average Bonchev–Trinajstić information content (AvgIpc) is 2.45. The third-order valence-electron chi connectivity index (χ3n) is 2.87. The summed E-state index contributed by atoms with van der Waals surface area (Å²) in [5.74, 6) is 1.65. The average molecular weight is 268 g/mol. The van der Waals surface area contributed by atoms with Crippen molar-refractivity contribution in [1.82, 2.24) is 0 Å². The van der Waals surface area contributed by atoms with Crippen LogP contribution in [0.5, 0.6) is 11.5 Å².